The third-order valence-corrected chi connectivity index (χ3v) is 0.577. The van der Waals surface area contributed by atoms with Gasteiger partial charge in [0.25, 0.3) is 0 Å². The molecule has 0 aliphatic carbocycles. The summed E-state index contributed by atoms with van der Waals surface area (Å²) >= 11 is 4.23. The largest absolute Gasteiger partial charge is 0.285 e. The summed E-state index contributed by atoms with van der Waals surface area (Å²) in [5.74, 6) is 0. The van der Waals surface area contributed by atoms with Crippen LogP contribution in [0.5, 0.6) is 0 Å². The minimum Gasteiger partial charge on any atom is -0.285 e. The highest BCUT2D eigenvalue weighted by Gasteiger charge is 1.78. The molecule has 0 heterocycles. The van der Waals surface area contributed by atoms with Crippen LogP contribution in [0.15, 0.2) is 16.8 Å². The van der Waals surface area contributed by atoms with Crippen molar-refractivity contribution >= 4 is 23.7 Å². The first-order valence-electron chi connectivity index (χ1n) is 1.93. The Hall–Kier alpha value is -0.790. The Labute approximate surface area is 52.9 Å². The maximum atomic E-state index is 9.70. The molecule has 0 saturated carbocycles. The minimum absolute atomic E-state index is 0.419. The Balaban J connectivity index is 3.93. The van der Waals surface area contributed by atoms with Crippen LogP contribution < -0.4 is 0 Å². The van der Waals surface area contributed by atoms with E-state index in [1.165, 1.54) is 6.20 Å². The van der Waals surface area contributed by atoms with Crippen LogP contribution in [0, 0.1) is 0 Å². The average molecular weight is 126 g/mol. The predicted molar refractivity (Wildman–Crippen MR) is 34.5 cm³/mol. The summed E-state index contributed by atoms with van der Waals surface area (Å²) in [5, 5.41) is 2.09. The second kappa shape index (κ2) is 4.37. The van der Waals surface area contributed by atoms with Gasteiger partial charge in [-0.1, -0.05) is 0 Å². The summed E-state index contributed by atoms with van der Waals surface area (Å²) in [4.78, 5) is 13.1. The van der Waals surface area contributed by atoms with Gasteiger partial charge in [0, 0.05) is 11.8 Å². The third kappa shape index (κ3) is 3.40. The lowest BCUT2D eigenvalue weighted by Gasteiger charge is -1.73. The van der Waals surface area contributed by atoms with Crippen LogP contribution in [0.25, 0.3) is 0 Å². The highest BCUT2D eigenvalue weighted by atomic mass is 32.1. The van der Waals surface area contributed by atoms with Gasteiger partial charge in [0.15, 0.2) is 0 Å². The molecule has 0 aromatic heterocycles. The van der Waals surface area contributed by atoms with Crippen LogP contribution in [0.1, 0.15) is 6.92 Å². The van der Waals surface area contributed by atoms with Crippen LogP contribution in [0.4, 0.5) is 0 Å². The second-order valence-electron chi connectivity index (χ2n) is 1.13. The van der Waals surface area contributed by atoms with Crippen molar-refractivity contribution in [2.24, 2.45) is 4.99 Å². The number of carbonyl (C=O) groups excluding carboxylic acids is 1. The number of isothiocyanates is 1. The zero-order chi connectivity index (χ0) is 6.41. The molecule has 0 saturated heterocycles. The number of thiocarbonyl (C=S) groups is 1. The van der Waals surface area contributed by atoms with Gasteiger partial charge >= 0.3 is 0 Å². The quantitative estimate of drug-likeness (QED) is 0.315. The van der Waals surface area contributed by atoms with E-state index in [4.69, 9.17) is 0 Å². The van der Waals surface area contributed by atoms with Crippen LogP contribution >= 0.6 is 12.2 Å². The summed E-state index contributed by atoms with van der Waals surface area (Å²) in [6, 6.07) is 0. The van der Waals surface area contributed by atoms with E-state index in [0.717, 1.165) is 0 Å². The standard InChI is InChI=1S/C5H4NOS/c1-5(3-7)2-6-4-8/h2H,1H3. The molecule has 0 bridgehead atoms. The van der Waals surface area contributed by atoms with Crippen molar-refractivity contribution in [3.8, 4) is 0 Å². The Morgan fingerprint density at radius 1 is 1.88 bits per heavy atom. The molecular formula is C5H4NOS. The maximum Gasteiger partial charge on any atom is 0.230 e. The highest BCUT2D eigenvalue weighted by molar-refractivity contribution is 7.78. The van der Waals surface area contributed by atoms with Gasteiger partial charge in [-0.15, -0.1) is 0 Å². The molecular weight excluding hydrogens is 122 g/mol. The van der Waals surface area contributed by atoms with E-state index in [0.29, 0.717) is 5.57 Å². The molecule has 41 valence electrons. The SMILES string of the molecule is CC([C]=O)=CN=C=S. The first kappa shape index (κ1) is 7.21. The molecule has 0 rings (SSSR count). The van der Waals surface area contributed by atoms with Gasteiger partial charge in [0.05, 0.1) is 5.16 Å². The number of aliphatic imine (C=N–C) groups is 1. The van der Waals surface area contributed by atoms with Crippen molar-refractivity contribution in [1.29, 1.82) is 0 Å². The van der Waals surface area contributed by atoms with Gasteiger partial charge in [0.1, 0.15) is 0 Å². The average Bonchev–Trinajstić information content (AvgIpc) is 1.83. The molecule has 0 aromatic rings. The number of nitrogens with zero attached hydrogens (tertiary/aromatic N) is 1. The lowest BCUT2D eigenvalue weighted by atomic mass is 10.4. The topological polar surface area (TPSA) is 29.4 Å². The molecule has 0 aliphatic heterocycles. The fraction of sp³-hybridized carbons (Fsp3) is 0.200. The summed E-state index contributed by atoms with van der Waals surface area (Å²) in [5.41, 5.74) is 0.419. The molecule has 0 atom stereocenters. The van der Waals surface area contributed by atoms with E-state index in [2.05, 4.69) is 22.4 Å². The van der Waals surface area contributed by atoms with Gasteiger partial charge < -0.3 is 0 Å². The van der Waals surface area contributed by atoms with Crippen molar-refractivity contribution < 1.29 is 4.79 Å². The third-order valence-electron chi connectivity index (χ3n) is 0.472. The van der Waals surface area contributed by atoms with E-state index in [1.807, 2.05) is 0 Å². The fourth-order valence-electron chi connectivity index (χ4n) is 0.150. The monoisotopic (exact) mass is 126 g/mol. The van der Waals surface area contributed by atoms with Gasteiger partial charge in [-0.3, -0.25) is 4.79 Å². The Morgan fingerprint density at radius 2 is 2.50 bits per heavy atom. The number of hydrogen-bond donors (Lipinski definition) is 0. The van der Waals surface area contributed by atoms with Crippen molar-refractivity contribution in [1.82, 2.24) is 0 Å². The smallest absolute Gasteiger partial charge is 0.230 e. The van der Waals surface area contributed by atoms with Crippen molar-refractivity contribution in [2.45, 2.75) is 6.92 Å². The van der Waals surface area contributed by atoms with Gasteiger partial charge in [0.2, 0.25) is 6.29 Å². The van der Waals surface area contributed by atoms with Crippen molar-refractivity contribution in [3.63, 3.8) is 0 Å². The van der Waals surface area contributed by atoms with E-state index in [1.54, 1.807) is 13.2 Å². The molecule has 0 fully saturated rings. The van der Waals surface area contributed by atoms with Crippen LogP contribution in [0.2, 0.25) is 0 Å². The highest BCUT2D eigenvalue weighted by Crippen LogP contribution is 1.83. The van der Waals surface area contributed by atoms with Crippen LogP contribution in [-0.2, 0) is 4.79 Å². The van der Waals surface area contributed by atoms with Gasteiger partial charge in [-0.25, -0.2) is 4.99 Å². The zero-order valence-electron chi connectivity index (χ0n) is 4.34. The molecule has 0 aromatic carbocycles. The van der Waals surface area contributed by atoms with Gasteiger partial charge in [-0.2, -0.15) is 0 Å². The molecule has 0 unspecified atom stereocenters. The molecule has 3 heteroatoms. The molecule has 0 spiro atoms. The lowest BCUT2D eigenvalue weighted by Crippen LogP contribution is -1.71. The summed E-state index contributed by atoms with van der Waals surface area (Å²) in [6.45, 7) is 1.59. The lowest BCUT2D eigenvalue weighted by molar-refractivity contribution is 0.561. The van der Waals surface area contributed by atoms with E-state index < -0.39 is 0 Å². The molecule has 0 aliphatic rings. The number of hydrogen-bond acceptors (Lipinski definition) is 3. The van der Waals surface area contributed by atoms with Crippen LogP contribution in [-0.4, -0.2) is 11.4 Å². The molecule has 8 heavy (non-hydrogen) atoms. The summed E-state index contributed by atoms with van der Waals surface area (Å²) < 4.78 is 0. The molecule has 1 radical (unpaired) electrons. The van der Waals surface area contributed by atoms with Crippen LogP contribution in [0.3, 0.4) is 0 Å². The Bertz CT molecular complexity index is 156. The second-order valence-corrected chi connectivity index (χ2v) is 1.32. The Kier molecular flexibility index (Phi) is 3.94. The summed E-state index contributed by atoms with van der Waals surface area (Å²) in [7, 11) is 0. The number of rotatable bonds is 2. The minimum atomic E-state index is 0.419. The first-order valence-corrected chi connectivity index (χ1v) is 2.34. The summed E-state index contributed by atoms with van der Waals surface area (Å²) in [6.07, 6.45) is 2.94. The maximum absolute atomic E-state index is 9.70. The van der Waals surface area contributed by atoms with Gasteiger partial charge in [-0.05, 0) is 19.1 Å². The molecule has 0 N–H and O–H groups in total. The predicted octanol–water partition coefficient (Wildman–Crippen LogP) is 1.10. The van der Waals surface area contributed by atoms with E-state index in [9.17, 15) is 4.79 Å². The van der Waals surface area contributed by atoms with E-state index in [-0.39, 0.29) is 0 Å². The zero-order valence-corrected chi connectivity index (χ0v) is 5.16. The van der Waals surface area contributed by atoms with Crippen molar-refractivity contribution in [2.75, 3.05) is 0 Å². The Morgan fingerprint density at radius 3 is 2.88 bits per heavy atom. The molecule has 2 nitrogen and oxygen atoms in total. The first-order chi connectivity index (χ1) is 3.81. The fourth-order valence-corrected chi connectivity index (χ4v) is 0.202. The molecule has 0 amide bonds. The van der Waals surface area contributed by atoms with E-state index >= 15 is 0 Å². The number of allylic oxidation sites excluding steroid dienone is 1. The normalized spacial score (nSPS) is 9.88. The van der Waals surface area contributed by atoms with Crippen molar-refractivity contribution in [3.05, 3.63) is 11.8 Å².